The van der Waals surface area contributed by atoms with E-state index in [0.717, 1.165) is 11.1 Å². The van der Waals surface area contributed by atoms with E-state index in [1.165, 1.54) is 18.3 Å². The maximum Gasteiger partial charge on any atom is 0.287 e. The molecule has 3 aromatic rings. The van der Waals surface area contributed by atoms with E-state index in [2.05, 4.69) is 25.3 Å². The minimum absolute atomic E-state index is 0.0392. The SMILES string of the molecule is Cc1cc(CNC(=O)c2ncc(-c3ccc(OCF)c(Cl)c3F)[nH]2)ccc1C(=O)N1CCN(C(=O)[C@@H]2C[C@@H](O)CN2)CC1. The first-order valence-electron chi connectivity index (χ1n) is 13.8. The molecule has 11 nitrogen and oxygen atoms in total. The number of halogens is 3. The Kier molecular flexibility index (Phi) is 9.23. The second-order valence-electron chi connectivity index (χ2n) is 10.4. The van der Waals surface area contributed by atoms with Crippen LogP contribution in [0, 0.1) is 12.7 Å². The summed E-state index contributed by atoms with van der Waals surface area (Å²) in [6.45, 7) is 2.90. The molecule has 0 bridgehead atoms. The topological polar surface area (TPSA) is 140 Å². The third-order valence-electron chi connectivity index (χ3n) is 7.60. The number of benzene rings is 2. The number of nitrogens with one attached hydrogen (secondary N) is 3. The molecule has 3 amide bonds. The second-order valence-corrected chi connectivity index (χ2v) is 10.8. The van der Waals surface area contributed by atoms with Gasteiger partial charge in [0.25, 0.3) is 11.8 Å². The Labute approximate surface area is 251 Å². The third-order valence-corrected chi connectivity index (χ3v) is 7.95. The maximum absolute atomic E-state index is 14.7. The van der Waals surface area contributed by atoms with E-state index in [0.29, 0.717) is 44.7 Å². The summed E-state index contributed by atoms with van der Waals surface area (Å²) in [5, 5.41) is 15.1. The van der Waals surface area contributed by atoms with E-state index < -0.39 is 24.7 Å². The highest BCUT2D eigenvalue weighted by atomic mass is 35.5. The minimum Gasteiger partial charge on any atom is -0.461 e. The number of aromatic nitrogens is 2. The first kappa shape index (κ1) is 30.4. The van der Waals surface area contributed by atoms with Crippen molar-refractivity contribution in [1.29, 1.82) is 0 Å². The highest BCUT2D eigenvalue weighted by molar-refractivity contribution is 6.32. The quantitative estimate of drug-likeness (QED) is 0.305. The van der Waals surface area contributed by atoms with Gasteiger partial charge in [0, 0.05) is 50.4 Å². The van der Waals surface area contributed by atoms with Crippen molar-refractivity contribution in [2.75, 3.05) is 39.6 Å². The molecule has 0 spiro atoms. The highest BCUT2D eigenvalue weighted by Crippen LogP contribution is 2.34. The molecule has 2 aliphatic rings. The number of H-pyrrole nitrogens is 1. The number of aliphatic hydroxyl groups excluding tert-OH is 1. The largest absolute Gasteiger partial charge is 0.461 e. The zero-order chi connectivity index (χ0) is 30.7. The van der Waals surface area contributed by atoms with Gasteiger partial charge < -0.3 is 35.3 Å². The molecule has 14 heteroatoms. The molecular weight excluding hydrogens is 586 g/mol. The molecule has 228 valence electrons. The van der Waals surface area contributed by atoms with Crippen molar-refractivity contribution in [2.45, 2.75) is 32.0 Å². The van der Waals surface area contributed by atoms with Crippen molar-refractivity contribution in [1.82, 2.24) is 30.4 Å². The lowest BCUT2D eigenvalue weighted by Crippen LogP contribution is -2.54. The Morgan fingerprint density at radius 1 is 1.16 bits per heavy atom. The molecule has 1 aromatic heterocycles. The molecule has 2 aromatic carbocycles. The number of β-amino-alcohol motifs (C(OH)–C–C–N with tert-alkyl or cyclic N) is 1. The molecule has 2 atom stereocenters. The number of carbonyl (C=O) groups is 3. The Bertz CT molecular complexity index is 1530. The number of piperazine rings is 1. The van der Waals surface area contributed by atoms with Gasteiger partial charge in [-0.25, -0.2) is 13.8 Å². The van der Waals surface area contributed by atoms with Gasteiger partial charge in [-0.15, -0.1) is 0 Å². The lowest BCUT2D eigenvalue weighted by atomic mass is 10.0. The van der Waals surface area contributed by atoms with E-state index in [1.807, 2.05) is 13.0 Å². The van der Waals surface area contributed by atoms with Crippen molar-refractivity contribution in [2.24, 2.45) is 0 Å². The van der Waals surface area contributed by atoms with Gasteiger partial charge in [0.15, 0.2) is 11.6 Å². The summed E-state index contributed by atoms with van der Waals surface area (Å²) in [6.07, 6.45) is 1.17. The lowest BCUT2D eigenvalue weighted by molar-refractivity contribution is -0.134. The first-order chi connectivity index (χ1) is 20.7. The molecule has 5 rings (SSSR count). The fourth-order valence-corrected chi connectivity index (χ4v) is 5.47. The second kappa shape index (κ2) is 13.1. The van der Waals surface area contributed by atoms with Crippen LogP contribution in [0.15, 0.2) is 36.5 Å². The number of imidazole rings is 1. The third kappa shape index (κ3) is 6.63. The van der Waals surface area contributed by atoms with Gasteiger partial charge in [0.1, 0.15) is 10.8 Å². The predicted molar refractivity (Wildman–Crippen MR) is 153 cm³/mol. The van der Waals surface area contributed by atoms with Crippen molar-refractivity contribution in [3.05, 3.63) is 69.9 Å². The van der Waals surface area contributed by atoms with Crippen molar-refractivity contribution < 1.29 is 33.0 Å². The lowest BCUT2D eigenvalue weighted by Gasteiger charge is -2.36. The molecule has 2 saturated heterocycles. The van der Waals surface area contributed by atoms with Crippen LogP contribution in [0.2, 0.25) is 5.02 Å². The van der Waals surface area contributed by atoms with Crippen LogP contribution in [0.25, 0.3) is 11.3 Å². The van der Waals surface area contributed by atoms with Crippen molar-refractivity contribution in [3.63, 3.8) is 0 Å². The van der Waals surface area contributed by atoms with Crippen LogP contribution >= 0.6 is 11.6 Å². The molecular formula is C29H31ClF2N6O5. The van der Waals surface area contributed by atoms with E-state index >= 15 is 0 Å². The number of amides is 3. The first-order valence-corrected chi connectivity index (χ1v) is 14.1. The van der Waals surface area contributed by atoms with Crippen molar-refractivity contribution in [3.8, 4) is 17.0 Å². The Hall–Kier alpha value is -4.07. The minimum atomic E-state index is -1.15. The predicted octanol–water partition coefficient (Wildman–Crippen LogP) is 2.42. The van der Waals surface area contributed by atoms with Crippen LogP contribution in [0.3, 0.4) is 0 Å². The Morgan fingerprint density at radius 2 is 1.91 bits per heavy atom. The molecule has 0 aliphatic carbocycles. The van der Waals surface area contributed by atoms with E-state index in [9.17, 15) is 28.3 Å². The summed E-state index contributed by atoms with van der Waals surface area (Å²) in [6, 6.07) is 7.56. The van der Waals surface area contributed by atoms with Gasteiger partial charge in [0.2, 0.25) is 12.8 Å². The standard InChI is InChI=1S/C29H31ClF2N6O5/c1-16-10-17(2-3-19(16)28(41)37-6-8-38(9-7-37)29(42)21-11-18(39)13-33-21)12-35-27(40)26-34-14-22(36-26)20-4-5-23(43-15-31)24(30)25(20)32/h2-5,10,14,18,21,33,39H,6-9,11-13,15H2,1H3,(H,34,36)(H,35,40)/t18-,21+/m1/s1. The molecule has 2 fully saturated rings. The average molecular weight is 617 g/mol. The molecule has 2 aliphatic heterocycles. The zero-order valence-electron chi connectivity index (χ0n) is 23.3. The van der Waals surface area contributed by atoms with Crippen LogP contribution in [0.5, 0.6) is 5.75 Å². The van der Waals surface area contributed by atoms with Crippen LogP contribution in [0.1, 0.15) is 38.5 Å². The Balaban J connectivity index is 1.15. The molecule has 43 heavy (non-hydrogen) atoms. The zero-order valence-corrected chi connectivity index (χ0v) is 24.1. The number of ether oxygens (including phenoxy) is 1. The number of nitrogens with zero attached hydrogens (tertiary/aromatic N) is 3. The molecule has 0 radical (unpaired) electrons. The smallest absolute Gasteiger partial charge is 0.287 e. The molecule has 4 N–H and O–H groups in total. The Morgan fingerprint density at radius 3 is 2.58 bits per heavy atom. The summed E-state index contributed by atoms with van der Waals surface area (Å²) in [7, 11) is 0. The van der Waals surface area contributed by atoms with E-state index in [-0.39, 0.29) is 52.3 Å². The van der Waals surface area contributed by atoms with Crippen LogP contribution < -0.4 is 15.4 Å². The van der Waals surface area contributed by atoms with E-state index in [4.69, 9.17) is 11.6 Å². The fourth-order valence-electron chi connectivity index (χ4n) is 5.25. The van der Waals surface area contributed by atoms with Gasteiger partial charge >= 0.3 is 0 Å². The number of aliphatic hydroxyl groups is 1. The summed E-state index contributed by atoms with van der Waals surface area (Å²) in [5.41, 5.74) is 2.28. The number of rotatable bonds is 8. The summed E-state index contributed by atoms with van der Waals surface area (Å²) in [5.74, 6) is -1.73. The van der Waals surface area contributed by atoms with Crippen LogP contribution in [-0.4, -0.2) is 94.3 Å². The summed E-state index contributed by atoms with van der Waals surface area (Å²) >= 11 is 5.92. The maximum atomic E-state index is 14.7. The summed E-state index contributed by atoms with van der Waals surface area (Å²) < 4.78 is 31.8. The highest BCUT2D eigenvalue weighted by Gasteiger charge is 2.33. The van der Waals surface area contributed by atoms with Gasteiger partial charge in [-0.1, -0.05) is 23.7 Å². The van der Waals surface area contributed by atoms with Gasteiger partial charge in [-0.3, -0.25) is 14.4 Å². The molecule has 0 saturated carbocycles. The number of hydrogen-bond acceptors (Lipinski definition) is 7. The monoisotopic (exact) mass is 616 g/mol. The summed E-state index contributed by atoms with van der Waals surface area (Å²) in [4.78, 5) is 48.8. The normalized spacial score (nSPS) is 18.5. The number of aryl methyl sites for hydroxylation is 1. The number of carbonyl (C=O) groups excluding carboxylic acids is 3. The van der Waals surface area contributed by atoms with E-state index in [1.54, 1.807) is 21.9 Å². The van der Waals surface area contributed by atoms with Crippen LogP contribution in [0.4, 0.5) is 8.78 Å². The number of aromatic amines is 1. The average Bonchev–Trinajstić information content (AvgIpc) is 3.68. The molecule has 0 unspecified atom stereocenters. The number of hydrogen-bond donors (Lipinski definition) is 4. The van der Waals surface area contributed by atoms with Gasteiger partial charge in [-0.2, -0.15) is 0 Å². The molecule has 3 heterocycles. The fraction of sp³-hybridized carbons (Fsp3) is 0.379. The van der Waals surface area contributed by atoms with Crippen LogP contribution in [-0.2, 0) is 11.3 Å². The number of alkyl halides is 1. The van der Waals surface area contributed by atoms with Gasteiger partial charge in [-0.05, 0) is 42.7 Å². The van der Waals surface area contributed by atoms with Gasteiger partial charge in [0.05, 0.1) is 24.0 Å². The van der Waals surface area contributed by atoms with Crippen molar-refractivity contribution >= 4 is 29.3 Å².